The van der Waals surface area contributed by atoms with Gasteiger partial charge in [-0.25, -0.2) is 4.79 Å². The van der Waals surface area contributed by atoms with Crippen LogP contribution in [0, 0.1) is 0 Å². The van der Waals surface area contributed by atoms with Gasteiger partial charge in [-0.05, 0) is 32.0 Å². The van der Waals surface area contributed by atoms with Crippen molar-refractivity contribution in [1.82, 2.24) is 0 Å². The summed E-state index contributed by atoms with van der Waals surface area (Å²) in [5, 5.41) is 12.1. The molecule has 1 atom stereocenters. The summed E-state index contributed by atoms with van der Waals surface area (Å²) in [6.07, 6.45) is 0. The number of ether oxygens (including phenoxy) is 1. The molecular formula is C12H18N2O3. The Morgan fingerprint density at radius 2 is 2.29 bits per heavy atom. The molecule has 1 aromatic carbocycles. The molecule has 0 spiro atoms. The fraction of sp³-hybridized carbons (Fsp3) is 0.417. The molecule has 0 bridgehead atoms. The first-order valence-electron chi connectivity index (χ1n) is 5.51. The van der Waals surface area contributed by atoms with E-state index in [4.69, 9.17) is 15.6 Å². The summed E-state index contributed by atoms with van der Waals surface area (Å²) in [4.78, 5) is 10.9. The first-order chi connectivity index (χ1) is 8.04. The molecule has 1 rings (SSSR count). The van der Waals surface area contributed by atoms with Crippen LogP contribution in [0.3, 0.4) is 0 Å². The van der Waals surface area contributed by atoms with Gasteiger partial charge in [0.2, 0.25) is 0 Å². The molecule has 0 heterocycles. The van der Waals surface area contributed by atoms with Gasteiger partial charge < -0.3 is 20.9 Å². The molecule has 0 amide bonds. The molecule has 4 N–H and O–H groups in total. The van der Waals surface area contributed by atoms with E-state index in [9.17, 15) is 4.79 Å². The lowest BCUT2D eigenvalue weighted by Gasteiger charge is -2.15. The number of carboxylic acid groups (broad SMARTS) is 1. The Labute approximate surface area is 101 Å². The Kier molecular flexibility index (Phi) is 4.78. The van der Waals surface area contributed by atoms with E-state index in [0.29, 0.717) is 13.2 Å². The van der Waals surface area contributed by atoms with Crippen molar-refractivity contribution in [3.63, 3.8) is 0 Å². The van der Waals surface area contributed by atoms with Gasteiger partial charge in [0.05, 0.1) is 12.2 Å². The number of rotatable bonds is 6. The highest BCUT2D eigenvalue weighted by molar-refractivity contribution is 5.94. The molecule has 17 heavy (non-hydrogen) atoms. The van der Waals surface area contributed by atoms with Crippen LogP contribution >= 0.6 is 0 Å². The van der Waals surface area contributed by atoms with E-state index >= 15 is 0 Å². The summed E-state index contributed by atoms with van der Waals surface area (Å²) >= 11 is 0. The van der Waals surface area contributed by atoms with Crippen LogP contribution in [0.1, 0.15) is 24.2 Å². The van der Waals surface area contributed by atoms with E-state index in [0.717, 1.165) is 5.69 Å². The number of hydrogen-bond acceptors (Lipinski definition) is 4. The lowest BCUT2D eigenvalue weighted by molar-refractivity contribution is 0.0698. The molecule has 5 heteroatoms. The van der Waals surface area contributed by atoms with Crippen LogP contribution in [-0.4, -0.2) is 30.3 Å². The van der Waals surface area contributed by atoms with Crippen LogP contribution < -0.4 is 11.1 Å². The van der Waals surface area contributed by atoms with Crippen molar-refractivity contribution >= 4 is 17.3 Å². The Hall–Kier alpha value is -1.75. The van der Waals surface area contributed by atoms with Crippen LogP contribution in [0.15, 0.2) is 18.2 Å². The van der Waals surface area contributed by atoms with Gasteiger partial charge in [0.1, 0.15) is 0 Å². The van der Waals surface area contributed by atoms with Crippen LogP contribution in [-0.2, 0) is 4.74 Å². The van der Waals surface area contributed by atoms with Gasteiger partial charge in [0, 0.05) is 24.0 Å². The third-order valence-corrected chi connectivity index (χ3v) is 2.27. The number of aromatic carboxylic acids is 1. The first kappa shape index (κ1) is 13.3. The zero-order chi connectivity index (χ0) is 12.8. The average Bonchev–Trinajstić information content (AvgIpc) is 2.28. The lowest BCUT2D eigenvalue weighted by Crippen LogP contribution is -2.21. The van der Waals surface area contributed by atoms with Crippen molar-refractivity contribution in [3.05, 3.63) is 23.8 Å². The first-order valence-corrected chi connectivity index (χ1v) is 5.51. The third kappa shape index (κ3) is 3.96. The minimum Gasteiger partial charge on any atom is -0.478 e. The van der Waals surface area contributed by atoms with E-state index in [1.165, 1.54) is 6.07 Å². The molecule has 1 aromatic rings. The number of benzene rings is 1. The maximum Gasteiger partial charge on any atom is 0.337 e. The number of carbonyl (C=O) groups is 1. The van der Waals surface area contributed by atoms with E-state index in [2.05, 4.69) is 5.32 Å². The van der Waals surface area contributed by atoms with E-state index in [1.54, 1.807) is 12.1 Å². The molecule has 1 unspecified atom stereocenters. The SMILES string of the molecule is CCOCC(C)Nc1ccc(N)c(C(=O)O)c1. The van der Waals surface area contributed by atoms with Crippen molar-refractivity contribution in [2.45, 2.75) is 19.9 Å². The molecule has 0 fully saturated rings. The second-order valence-electron chi connectivity index (χ2n) is 3.81. The Bertz CT molecular complexity index is 393. The molecule has 94 valence electrons. The maximum absolute atomic E-state index is 10.9. The van der Waals surface area contributed by atoms with Gasteiger partial charge in [-0.1, -0.05) is 0 Å². The molecule has 0 aliphatic carbocycles. The summed E-state index contributed by atoms with van der Waals surface area (Å²) in [6, 6.07) is 4.98. The number of carboxylic acids is 1. The number of nitrogens with two attached hydrogens (primary N) is 1. The predicted molar refractivity (Wildman–Crippen MR) is 67.4 cm³/mol. The molecule has 0 aliphatic heterocycles. The lowest BCUT2D eigenvalue weighted by atomic mass is 10.1. The standard InChI is InChI=1S/C12H18N2O3/c1-3-17-7-8(2)14-9-4-5-11(13)10(6-9)12(15)16/h4-6,8,14H,3,7,13H2,1-2H3,(H,15,16). The Morgan fingerprint density at radius 3 is 2.88 bits per heavy atom. The summed E-state index contributed by atoms with van der Waals surface area (Å²) < 4.78 is 5.27. The zero-order valence-electron chi connectivity index (χ0n) is 10.1. The highest BCUT2D eigenvalue weighted by Crippen LogP contribution is 2.18. The predicted octanol–water partition coefficient (Wildman–Crippen LogP) is 1.80. The molecule has 5 nitrogen and oxygen atoms in total. The van der Waals surface area contributed by atoms with Crippen molar-refractivity contribution in [3.8, 4) is 0 Å². The highest BCUT2D eigenvalue weighted by atomic mass is 16.5. The third-order valence-electron chi connectivity index (χ3n) is 2.27. The molecule has 0 saturated heterocycles. The molecular weight excluding hydrogens is 220 g/mol. The summed E-state index contributed by atoms with van der Waals surface area (Å²) in [6.45, 7) is 5.13. The number of anilines is 2. The normalized spacial score (nSPS) is 12.1. The van der Waals surface area contributed by atoms with E-state index < -0.39 is 5.97 Å². The van der Waals surface area contributed by atoms with Crippen LogP contribution in [0.4, 0.5) is 11.4 Å². The minimum absolute atomic E-state index is 0.110. The monoisotopic (exact) mass is 238 g/mol. The maximum atomic E-state index is 10.9. The van der Waals surface area contributed by atoms with Crippen LogP contribution in [0.2, 0.25) is 0 Å². The van der Waals surface area contributed by atoms with Gasteiger partial charge in [-0.15, -0.1) is 0 Å². The zero-order valence-corrected chi connectivity index (χ0v) is 10.1. The quantitative estimate of drug-likeness (QED) is 0.658. The topological polar surface area (TPSA) is 84.6 Å². The van der Waals surface area contributed by atoms with Gasteiger partial charge in [-0.3, -0.25) is 0 Å². The van der Waals surface area contributed by atoms with E-state index in [1.807, 2.05) is 13.8 Å². The summed E-state index contributed by atoms with van der Waals surface area (Å²) in [7, 11) is 0. The Balaban J connectivity index is 2.72. The van der Waals surface area contributed by atoms with Gasteiger partial charge in [-0.2, -0.15) is 0 Å². The molecule has 0 radical (unpaired) electrons. The van der Waals surface area contributed by atoms with Gasteiger partial charge in [0.25, 0.3) is 0 Å². The van der Waals surface area contributed by atoms with E-state index in [-0.39, 0.29) is 17.3 Å². The van der Waals surface area contributed by atoms with Gasteiger partial charge >= 0.3 is 5.97 Å². The van der Waals surface area contributed by atoms with Crippen molar-refractivity contribution < 1.29 is 14.6 Å². The average molecular weight is 238 g/mol. The number of hydrogen-bond donors (Lipinski definition) is 3. The van der Waals surface area contributed by atoms with Crippen molar-refractivity contribution in [2.24, 2.45) is 0 Å². The van der Waals surface area contributed by atoms with Gasteiger partial charge in [0.15, 0.2) is 0 Å². The van der Waals surface area contributed by atoms with Crippen molar-refractivity contribution in [2.75, 3.05) is 24.3 Å². The minimum atomic E-state index is -1.02. The smallest absolute Gasteiger partial charge is 0.337 e. The number of nitrogens with one attached hydrogen (secondary N) is 1. The second kappa shape index (κ2) is 6.10. The van der Waals surface area contributed by atoms with Crippen LogP contribution in [0.5, 0.6) is 0 Å². The fourth-order valence-electron chi connectivity index (χ4n) is 1.45. The largest absolute Gasteiger partial charge is 0.478 e. The fourth-order valence-corrected chi connectivity index (χ4v) is 1.45. The second-order valence-corrected chi connectivity index (χ2v) is 3.81. The summed E-state index contributed by atoms with van der Waals surface area (Å²) in [5.41, 5.74) is 6.67. The molecule has 0 saturated carbocycles. The van der Waals surface area contributed by atoms with Crippen LogP contribution in [0.25, 0.3) is 0 Å². The Morgan fingerprint density at radius 1 is 1.59 bits per heavy atom. The van der Waals surface area contributed by atoms with Crippen molar-refractivity contribution in [1.29, 1.82) is 0 Å². The molecule has 0 aliphatic rings. The summed E-state index contributed by atoms with van der Waals surface area (Å²) in [5.74, 6) is -1.02. The molecule has 0 aromatic heterocycles. The number of nitrogen functional groups attached to an aromatic ring is 1. The highest BCUT2D eigenvalue weighted by Gasteiger charge is 2.09.